The Morgan fingerprint density at radius 2 is 1.97 bits per heavy atom. The van der Waals surface area contributed by atoms with E-state index in [0.717, 1.165) is 0 Å². The van der Waals surface area contributed by atoms with E-state index in [9.17, 15) is 14.4 Å². The van der Waals surface area contributed by atoms with E-state index in [2.05, 4.69) is 5.32 Å². The molecule has 156 valence electrons. The van der Waals surface area contributed by atoms with Crippen LogP contribution in [0.4, 0.5) is 4.79 Å². The first-order chi connectivity index (χ1) is 13.6. The molecule has 0 heterocycles. The summed E-state index contributed by atoms with van der Waals surface area (Å²) in [4.78, 5) is 36.5. The van der Waals surface area contributed by atoms with Gasteiger partial charge in [0.2, 0.25) is 0 Å². The van der Waals surface area contributed by atoms with Crippen LogP contribution in [0.1, 0.15) is 45.2 Å². The molecule has 8 nitrogen and oxygen atoms in total. The van der Waals surface area contributed by atoms with Gasteiger partial charge in [-0.1, -0.05) is 18.2 Å². The number of hydrogen-bond acceptors (Lipinski definition) is 7. The van der Waals surface area contributed by atoms with Crippen LogP contribution in [0.3, 0.4) is 0 Å². The molecule has 0 unspecified atom stereocenters. The van der Waals surface area contributed by atoms with Crippen molar-refractivity contribution in [2.75, 3.05) is 13.7 Å². The lowest BCUT2D eigenvalue weighted by molar-refractivity contribution is -0.143. The molecule has 8 heteroatoms. The molecule has 0 aliphatic carbocycles. The lowest BCUT2D eigenvalue weighted by atomic mass is 10.0. The smallest absolute Gasteiger partial charge is 0.408 e. The molecule has 0 aliphatic heterocycles. The fourth-order valence-corrected chi connectivity index (χ4v) is 2.33. The molecule has 29 heavy (non-hydrogen) atoms. The maximum absolute atomic E-state index is 12.4. The summed E-state index contributed by atoms with van der Waals surface area (Å²) in [5.41, 5.74) is 0.260. The second kappa shape index (κ2) is 10.9. The Hall–Kier alpha value is -3.34. The zero-order chi connectivity index (χ0) is 22.0. The number of ether oxygens (including phenoxy) is 3. The van der Waals surface area contributed by atoms with Crippen LogP contribution in [0.2, 0.25) is 0 Å². The van der Waals surface area contributed by atoms with Gasteiger partial charge in [0.05, 0.1) is 30.9 Å². The van der Waals surface area contributed by atoms with E-state index >= 15 is 0 Å². The van der Waals surface area contributed by atoms with Gasteiger partial charge in [-0.15, -0.1) is 0 Å². The number of nitriles is 1. The van der Waals surface area contributed by atoms with Gasteiger partial charge in [-0.3, -0.25) is 0 Å². The van der Waals surface area contributed by atoms with Gasteiger partial charge in [0, 0.05) is 0 Å². The van der Waals surface area contributed by atoms with E-state index in [-0.39, 0.29) is 18.6 Å². The molecule has 0 saturated carbocycles. The molecular weight excluding hydrogens is 376 g/mol. The standard InChI is InChI=1S/C21H26N2O6/c1-6-28-18(24)16(15-9-7-8-14(12-15)13-22)10-11-17(19(25)27-5)23-20(26)29-21(2,3)4/h7-10,12,17H,6,11H2,1-5H3,(H,23,26)/b16-10-/t17-/m0/s1. The fraction of sp³-hybridized carbons (Fsp3) is 0.429. The van der Waals surface area contributed by atoms with Crippen LogP contribution in [0.25, 0.3) is 5.57 Å². The van der Waals surface area contributed by atoms with E-state index in [1.807, 2.05) is 6.07 Å². The van der Waals surface area contributed by atoms with Crippen LogP contribution >= 0.6 is 0 Å². The Bertz CT molecular complexity index is 817. The molecule has 0 aromatic heterocycles. The molecule has 1 N–H and O–H groups in total. The first-order valence-corrected chi connectivity index (χ1v) is 9.06. The van der Waals surface area contributed by atoms with Gasteiger partial charge in [0.1, 0.15) is 11.6 Å². The summed E-state index contributed by atoms with van der Waals surface area (Å²) < 4.78 is 15.0. The summed E-state index contributed by atoms with van der Waals surface area (Å²) in [5, 5.41) is 11.5. The van der Waals surface area contributed by atoms with Gasteiger partial charge >= 0.3 is 18.0 Å². The highest BCUT2D eigenvalue weighted by Gasteiger charge is 2.25. The van der Waals surface area contributed by atoms with E-state index in [0.29, 0.717) is 11.1 Å². The summed E-state index contributed by atoms with van der Waals surface area (Å²) >= 11 is 0. The molecule has 0 radical (unpaired) electrons. The minimum Gasteiger partial charge on any atom is -0.467 e. The van der Waals surface area contributed by atoms with E-state index in [1.165, 1.54) is 19.3 Å². The molecule has 0 fully saturated rings. The lowest BCUT2D eigenvalue weighted by Gasteiger charge is -2.22. The molecule has 0 bridgehead atoms. The zero-order valence-electron chi connectivity index (χ0n) is 17.3. The van der Waals surface area contributed by atoms with Crippen molar-refractivity contribution in [2.24, 2.45) is 0 Å². The number of methoxy groups -OCH3 is 1. The molecule has 1 amide bonds. The van der Waals surface area contributed by atoms with Crippen LogP contribution < -0.4 is 5.32 Å². The third kappa shape index (κ3) is 8.05. The number of amides is 1. The highest BCUT2D eigenvalue weighted by atomic mass is 16.6. The first kappa shape index (κ1) is 23.7. The van der Waals surface area contributed by atoms with Crippen LogP contribution in [0, 0.1) is 11.3 Å². The Balaban J connectivity index is 3.16. The molecule has 1 aromatic rings. The molecule has 1 aromatic carbocycles. The average molecular weight is 402 g/mol. The number of carbonyl (C=O) groups is 3. The predicted molar refractivity (Wildman–Crippen MR) is 106 cm³/mol. The molecule has 1 rings (SSSR count). The normalized spacial score (nSPS) is 12.3. The maximum Gasteiger partial charge on any atom is 0.408 e. The molecular formula is C21H26N2O6. The first-order valence-electron chi connectivity index (χ1n) is 9.06. The highest BCUT2D eigenvalue weighted by molar-refractivity contribution is 6.16. The summed E-state index contributed by atoms with van der Waals surface area (Å²) in [6.45, 7) is 6.91. The van der Waals surface area contributed by atoms with Crippen molar-refractivity contribution in [2.45, 2.75) is 45.8 Å². The monoisotopic (exact) mass is 402 g/mol. The second-order valence-corrected chi connectivity index (χ2v) is 6.99. The van der Waals surface area contributed by atoms with Crippen molar-refractivity contribution in [3.05, 3.63) is 41.5 Å². The molecule has 0 aliphatic rings. The van der Waals surface area contributed by atoms with Crippen molar-refractivity contribution in [1.29, 1.82) is 5.26 Å². The van der Waals surface area contributed by atoms with Crippen LogP contribution in [0.15, 0.2) is 30.3 Å². The van der Waals surface area contributed by atoms with E-state index in [4.69, 9.17) is 19.5 Å². The van der Waals surface area contributed by atoms with Gasteiger partial charge < -0.3 is 19.5 Å². The van der Waals surface area contributed by atoms with Crippen LogP contribution in [-0.2, 0) is 23.8 Å². The van der Waals surface area contributed by atoms with Crippen molar-refractivity contribution in [3.8, 4) is 6.07 Å². The van der Waals surface area contributed by atoms with Crippen LogP contribution in [0.5, 0.6) is 0 Å². The Morgan fingerprint density at radius 1 is 1.28 bits per heavy atom. The minimum atomic E-state index is -1.07. The average Bonchev–Trinajstić information content (AvgIpc) is 2.65. The number of alkyl carbamates (subject to hydrolysis) is 1. The van der Waals surface area contributed by atoms with Gasteiger partial charge in [0.15, 0.2) is 0 Å². The topological polar surface area (TPSA) is 115 Å². The second-order valence-electron chi connectivity index (χ2n) is 6.99. The minimum absolute atomic E-state index is 0.0448. The lowest BCUT2D eigenvalue weighted by Crippen LogP contribution is -2.43. The summed E-state index contributed by atoms with van der Waals surface area (Å²) in [6, 6.07) is 7.37. The Morgan fingerprint density at radius 3 is 2.52 bits per heavy atom. The summed E-state index contributed by atoms with van der Waals surface area (Å²) in [5.74, 6) is -1.30. The summed E-state index contributed by atoms with van der Waals surface area (Å²) in [6.07, 6.45) is 0.634. The quantitative estimate of drug-likeness (QED) is 0.423. The number of hydrogen-bond donors (Lipinski definition) is 1. The number of carbonyl (C=O) groups excluding carboxylic acids is 3. The van der Waals surface area contributed by atoms with Gasteiger partial charge in [-0.05, 0) is 51.8 Å². The number of nitrogens with one attached hydrogen (secondary N) is 1. The van der Waals surface area contributed by atoms with Crippen molar-refractivity contribution in [1.82, 2.24) is 5.32 Å². The number of benzene rings is 1. The zero-order valence-corrected chi connectivity index (χ0v) is 17.3. The SMILES string of the molecule is CCOC(=O)/C(=C\C[C@H](NC(=O)OC(C)(C)C)C(=O)OC)c1cccc(C#N)c1. The fourth-order valence-electron chi connectivity index (χ4n) is 2.33. The number of nitrogens with zero attached hydrogens (tertiary/aromatic N) is 1. The van der Waals surface area contributed by atoms with E-state index < -0.39 is 29.7 Å². The van der Waals surface area contributed by atoms with Crippen molar-refractivity contribution >= 4 is 23.6 Å². The molecule has 0 spiro atoms. The van der Waals surface area contributed by atoms with Gasteiger partial charge in [0.25, 0.3) is 0 Å². The molecule has 0 saturated heterocycles. The highest BCUT2D eigenvalue weighted by Crippen LogP contribution is 2.19. The van der Waals surface area contributed by atoms with Gasteiger partial charge in [-0.2, -0.15) is 5.26 Å². The van der Waals surface area contributed by atoms with E-state index in [1.54, 1.807) is 45.9 Å². The molecule has 1 atom stereocenters. The van der Waals surface area contributed by atoms with Gasteiger partial charge in [-0.25, -0.2) is 14.4 Å². The summed E-state index contributed by atoms with van der Waals surface area (Å²) in [7, 11) is 1.19. The van der Waals surface area contributed by atoms with Crippen LogP contribution in [-0.4, -0.2) is 43.4 Å². The maximum atomic E-state index is 12.4. The van der Waals surface area contributed by atoms with Crippen molar-refractivity contribution in [3.63, 3.8) is 0 Å². The number of rotatable bonds is 7. The van der Waals surface area contributed by atoms with Crippen molar-refractivity contribution < 1.29 is 28.6 Å². The third-order valence-electron chi connectivity index (χ3n) is 3.53. The largest absolute Gasteiger partial charge is 0.467 e. The number of esters is 2. The Kier molecular flexibility index (Phi) is 8.87. The Labute approximate surface area is 170 Å². The predicted octanol–water partition coefficient (Wildman–Crippen LogP) is 2.96. The third-order valence-corrected chi connectivity index (χ3v) is 3.53.